The quantitative estimate of drug-likeness (QED) is 0.786. The zero-order valence-electron chi connectivity index (χ0n) is 8.99. The average Bonchev–Trinajstić information content (AvgIpc) is 2.70. The Morgan fingerprint density at radius 2 is 2.29 bits per heavy atom. The Balaban J connectivity index is 2.15. The third-order valence-corrected chi connectivity index (χ3v) is 2.96. The number of pyridine rings is 1. The Morgan fingerprint density at radius 3 is 2.88 bits per heavy atom. The molecule has 0 fully saturated rings. The molecule has 2 aromatic rings. The lowest BCUT2D eigenvalue weighted by Crippen LogP contribution is -2.13. The number of nitrogen functional groups attached to an aromatic ring is 1. The zero-order chi connectivity index (χ0) is 12.4. The Morgan fingerprint density at radius 1 is 1.53 bits per heavy atom. The van der Waals surface area contributed by atoms with Crippen LogP contribution in [0.5, 0.6) is 0 Å². The van der Waals surface area contributed by atoms with Crippen LogP contribution >= 0.6 is 15.9 Å². The summed E-state index contributed by atoms with van der Waals surface area (Å²) in [5, 5.41) is 8.84. The molecule has 6 nitrogen and oxygen atoms in total. The summed E-state index contributed by atoms with van der Waals surface area (Å²) in [6, 6.07) is 3.22. The number of amides is 1. The van der Waals surface area contributed by atoms with Crippen molar-refractivity contribution >= 4 is 33.5 Å². The van der Waals surface area contributed by atoms with E-state index in [4.69, 9.17) is 5.73 Å². The van der Waals surface area contributed by atoms with Crippen LogP contribution < -0.4 is 11.1 Å². The van der Waals surface area contributed by atoms with Crippen molar-refractivity contribution in [3.8, 4) is 0 Å². The van der Waals surface area contributed by atoms with Gasteiger partial charge in [-0.05, 0) is 34.5 Å². The van der Waals surface area contributed by atoms with Gasteiger partial charge in [0, 0.05) is 16.7 Å². The van der Waals surface area contributed by atoms with E-state index in [0.717, 1.165) is 10.0 Å². The molecular weight excluding hydrogens is 286 g/mol. The Labute approximate surface area is 106 Å². The van der Waals surface area contributed by atoms with E-state index in [0.29, 0.717) is 11.5 Å². The highest BCUT2D eigenvalue weighted by atomic mass is 79.9. The first kappa shape index (κ1) is 11.6. The van der Waals surface area contributed by atoms with Gasteiger partial charge in [-0.2, -0.15) is 5.10 Å². The van der Waals surface area contributed by atoms with E-state index >= 15 is 0 Å². The van der Waals surface area contributed by atoms with Crippen LogP contribution in [0.1, 0.15) is 16.1 Å². The highest BCUT2D eigenvalue weighted by molar-refractivity contribution is 9.10. The molecule has 0 saturated heterocycles. The number of hydrogen-bond donors (Lipinski definition) is 3. The van der Waals surface area contributed by atoms with Crippen LogP contribution in [0.15, 0.2) is 22.8 Å². The van der Waals surface area contributed by atoms with Crippen molar-refractivity contribution in [2.24, 2.45) is 0 Å². The molecule has 0 aliphatic carbocycles. The first-order valence-electron chi connectivity index (χ1n) is 4.80. The highest BCUT2D eigenvalue weighted by Gasteiger charge is 2.10. The van der Waals surface area contributed by atoms with Crippen LogP contribution in [0.3, 0.4) is 0 Å². The van der Waals surface area contributed by atoms with Crippen molar-refractivity contribution in [3.05, 3.63) is 34.1 Å². The number of aromatic amines is 1. The van der Waals surface area contributed by atoms with Crippen LogP contribution in [0.2, 0.25) is 0 Å². The van der Waals surface area contributed by atoms with Crippen LogP contribution in [0.25, 0.3) is 0 Å². The Bertz CT molecular complexity index is 566. The lowest BCUT2D eigenvalue weighted by atomic mass is 10.3. The lowest BCUT2D eigenvalue weighted by molar-refractivity contribution is 0.102. The molecule has 0 aliphatic rings. The van der Waals surface area contributed by atoms with E-state index in [1.54, 1.807) is 12.3 Å². The normalized spacial score (nSPS) is 10.2. The van der Waals surface area contributed by atoms with Crippen LogP contribution in [0, 0.1) is 6.92 Å². The van der Waals surface area contributed by atoms with Crippen molar-refractivity contribution in [2.45, 2.75) is 6.92 Å². The van der Waals surface area contributed by atoms with Gasteiger partial charge >= 0.3 is 0 Å². The largest absolute Gasteiger partial charge is 0.382 e. The van der Waals surface area contributed by atoms with Gasteiger partial charge in [0.25, 0.3) is 5.91 Å². The summed E-state index contributed by atoms with van der Waals surface area (Å²) < 4.78 is 0.890. The molecule has 2 aromatic heterocycles. The molecule has 0 bridgehead atoms. The fourth-order valence-electron chi connectivity index (χ4n) is 1.24. The summed E-state index contributed by atoms with van der Waals surface area (Å²) in [7, 11) is 0. The van der Waals surface area contributed by atoms with Gasteiger partial charge in [0.2, 0.25) is 0 Å². The minimum Gasteiger partial charge on any atom is -0.382 e. The molecule has 2 heterocycles. The molecule has 88 valence electrons. The predicted molar refractivity (Wildman–Crippen MR) is 67.6 cm³/mol. The summed E-state index contributed by atoms with van der Waals surface area (Å²) in [5.74, 6) is 0.419. The molecule has 0 unspecified atom stereocenters. The molecule has 0 saturated carbocycles. The molecule has 2 rings (SSSR count). The maximum absolute atomic E-state index is 11.7. The maximum Gasteiger partial charge on any atom is 0.274 e. The Kier molecular flexibility index (Phi) is 3.10. The van der Waals surface area contributed by atoms with E-state index in [2.05, 4.69) is 36.4 Å². The number of anilines is 2. The predicted octanol–water partition coefficient (Wildman–Crippen LogP) is 1.71. The van der Waals surface area contributed by atoms with E-state index in [9.17, 15) is 4.79 Å². The van der Waals surface area contributed by atoms with Gasteiger partial charge in [-0.15, -0.1) is 0 Å². The lowest BCUT2D eigenvalue weighted by Gasteiger charge is -2.04. The second-order valence-corrected chi connectivity index (χ2v) is 4.33. The number of aryl methyl sites for hydroxylation is 1. The number of carbonyl (C=O) groups excluding carboxylic acids is 1. The average molecular weight is 296 g/mol. The number of nitrogens with one attached hydrogen (secondary N) is 2. The van der Waals surface area contributed by atoms with E-state index in [1.807, 2.05) is 6.92 Å². The summed E-state index contributed by atoms with van der Waals surface area (Å²) in [6.45, 7) is 1.91. The van der Waals surface area contributed by atoms with Crippen molar-refractivity contribution < 1.29 is 4.79 Å². The van der Waals surface area contributed by atoms with Crippen molar-refractivity contribution in [1.82, 2.24) is 15.2 Å². The van der Waals surface area contributed by atoms with Gasteiger partial charge in [0.1, 0.15) is 17.3 Å². The molecule has 7 heteroatoms. The third-order valence-electron chi connectivity index (χ3n) is 2.13. The highest BCUT2D eigenvalue weighted by Crippen LogP contribution is 2.17. The van der Waals surface area contributed by atoms with Crippen LogP contribution in [-0.2, 0) is 0 Å². The minimum atomic E-state index is -0.330. The first-order valence-corrected chi connectivity index (χ1v) is 5.60. The molecule has 0 atom stereocenters. The fourth-order valence-corrected chi connectivity index (χ4v) is 1.46. The summed E-state index contributed by atoms with van der Waals surface area (Å²) in [4.78, 5) is 15.8. The second-order valence-electron chi connectivity index (χ2n) is 3.48. The van der Waals surface area contributed by atoms with Crippen LogP contribution in [-0.4, -0.2) is 21.1 Å². The fraction of sp³-hybridized carbons (Fsp3) is 0.100. The number of hydrogen-bond acceptors (Lipinski definition) is 4. The molecule has 0 aromatic carbocycles. The zero-order valence-corrected chi connectivity index (χ0v) is 10.6. The number of carbonyl (C=O) groups is 1. The number of halogens is 1. The first-order chi connectivity index (χ1) is 8.06. The summed E-state index contributed by atoms with van der Waals surface area (Å²) in [5.41, 5.74) is 6.69. The molecule has 1 amide bonds. The van der Waals surface area contributed by atoms with E-state index in [1.165, 1.54) is 6.07 Å². The van der Waals surface area contributed by atoms with Crippen molar-refractivity contribution in [3.63, 3.8) is 0 Å². The third kappa shape index (κ3) is 2.62. The standard InChI is InChI=1S/C10H10BrN5O/c1-5-2-9(13-4-6(5)11)14-10(17)7-3-8(12)16-15-7/h2-4H,1H3,(H3,12,15,16)(H,13,14,17). The number of nitrogens with zero attached hydrogens (tertiary/aromatic N) is 2. The van der Waals surface area contributed by atoms with Gasteiger partial charge in [0.05, 0.1) is 0 Å². The monoisotopic (exact) mass is 295 g/mol. The molecule has 0 radical (unpaired) electrons. The minimum absolute atomic E-state index is 0.273. The van der Waals surface area contributed by atoms with Crippen molar-refractivity contribution in [2.75, 3.05) is 11.1 Å². The smallest absolute Gasteiger partial charge is 0.274 e. The SMILES string of the molecule is Cc1cc(NC(=O)c2cc(N)n[nH]2)ncc1Br. The Hall–Kier alpha value is -1.89. The maximum atomic E-state index is 11.7. The van der Waals surface area contributed by atoms with Crippen LogP contribution in [0.4, 0.5) is 11.6 Å². The number of nitrogens with two attached hydrogens (primary N) is 1. The molecule has 0 spiro atoms. The van der Waals surface area contributed by atoms with E-state index in [-0.39, 0.29) is 11.7 Å². The van der Waals surface area contributed by atoms with Gasteiger partial charge in [0.15, 0.2) is 0 Å². The van der Waals surface area contributed by atoms with Gasteiger partial charge in [-0.1, -0.05) is 0 Å². The van der Waals surface area contributed by atoms with Gasteiger partial charge in [-0.25, -0.2) is 4.98 Å². The van der Waals surface area contributed by atoms with E-state index < -0.39 is 0 Å². The number of H-pyrrole nitrogens is 1. The number of aromatic nitrogens is 3. The number of rotatable bonds is 2. The van der Waals surface area contributed by atoms with Gasteiger partial charge in [-0.3, -0.25) is 9.89 Å². The molecular formula is C10H10BrN5O. The summed E-state index contributed by atoms with van der Waals surface area (Å²) in [6.07, 6.45) is 1.63. The van der Waals surface area contributed by atoms with Crippen molar-refractivity contribution in [1.29, 1.82) is 0 Å². The van der Waals surface area contributed by atoms with Gasteiger partial charge < -0.3 is 11.1 Å². The summed E-state index contributed by atoms with van der Waals surface area (Å²) >= 11 is 3.34. The second kappa shape index (κ2) is 4.54. The topological polar surface area (TPSA) is 96.7 Å². The molecule has 17 heavy (non-hydrogen) atoms. The molecule has 0 aliphatic heterocycles. The molecule has 4 N–H and O–H groups in total.